The van der Waals surface area contributed by atoms with Crippen molar-refractivity contribution in [3.05, 3.63) is 35.4 Å². The number of esters is 1. The van der Waals surface area contributed by atoms with E-state index in [9.17, 15) is 4.79 Å². The van der Waals surface area contributed by atoms with Crippen LogP contribution in [0, 0.1) is 0 Å². The van der Waals surface area contributed by atoms with Gasteiger partial charge in [-0.2, -0.15) is 0 Å². The maximum atomic E-state index is 11.3. The largest absolute Gasteiger partial charge is 0.465 e. The fraction of sp³-hybridized carbons (Fsp3) is 0.533. The molecule has 0 aliphatic heterocycles. The number of hydrogen-bond acceptors (Lipinski definition) is 3. The average Bonchev–Trinajstić information content (AvgIpc) is 2.38. The van der Waals surface area contributed by atoms with Crippen LogP contribution in [0.15, 0.2) is 24.3 Å². The summed E-state index contributed by atoms with van der Waals surface area (Å²) < 4.78 is 4.68. The molecule has 0 bridgehead atoms. The molecule has 0 saturated carbocycles. The summed E-state index contributed by atoms with van der Waals surface area (Å²) in [5, 5.41) is 0. The van der Waals surface area contributed by atoms with Crippen LogP contribution in [-0.2, 0) is 11.3 Å². The minimum absolute atomic E-state index is 0.282. The molecule has 3 nitrogen and oxygen atoms in total. The Labute approximate surface area is 110 Å². The van der Waals surface area contributed by atoms with Crippen LogP contribution in [-0.4, -0.2) is 30.6 Å². The number of carbonyl (C=O) groups is 1. The zero-order valence-corrected chi connectivity index (χ0v) is 11.8. The van der Waals surface area contributed by atoms with Crippen molar-refractivity contribution in [3.8, 4) is 0 Å². The van der Waals surface area contributed by atoms with Gasteiger partial charge < -0.3 is 4.74 Å². The molecule has 0 unspecified atom stereocenters. The molecule has 0 aliphatic rings. The van der Waals surface area contributed by atoms with Gasteiger partial charge in [0.05, 0.1) is 12.7 Å². The fourth-order valence-electron chi connectivity index (χ4n) is 1.91. The summed E-state index contributed by atoms with van der Waals surface area (Å²) in [6.07, 6.45) is 1.15. The summed E-state index contributed by atoms with van der Waals surface area (Å²) in [7, 11) is 1.40. The van der Waals surface area contributed by atoms with Gasteiger partial charge >= 0.3 is 5.97 Å². The number of methoxy groups -OCH3 is 1. The van der Waals surface area contributed by atoms with Gasteiger partial charge in [0, 0.05) is 12.6 Å². The van der Waals surface area contributed by atoms with Gasteiger partial charge in [-0.1, -0.05) is 19.1 Å². The second-order valence-corrected chi connectivity index (χ2v) is 4.75. The fourth-order valence-corrected chi connectivity index (χ4v) is 1.91. The summed E-state index contributed by atoms with van der Waals surface area (Å²) in [4.78, 5) is 13.7. The van der Waals surface area contributed by atoms with Crippen LogP contribution in [0.25, 0.3) is 0 Å². The third-order valence-electron chi connectivity index (χ3n) is 3.00. The van der Waals surface area contributed by atoms with E-state index in [0.717, 1.165) is 19.5 Å². The molecule has 0 heterocycles. The molecule has 0 radical (unpaired) electrons. The molecule has 0 spiro atoms. The monoisotopic (exact) mass is 249 g/mol. The molecule has 1 rings (SSSR count). The highest BCUT2D eigenvalue weighted by Crippen LogP contribution is 2.11. The molecular formula is C15H23NO2. The minimum Gasteiger partial charge on any atom is -0.465 e. The number of ether oxygens (including phenoxy) is 1. The van der Waals surface area contributed by atoms with Gasteiger partial charge in [0.15, 0.2) is 0 Å². The van der Waals surface area contributed by atoms with E-state index in [4.69, 9.17) is 0 Å². The van der Waals surface area contributed by atoms with E-state index in [0.29, 0.717) is 11.6 Å². The summed E-state index contributed by atoms with van der Waals surface area (Å²) in [5.41, 5.74) is 1.83. The van der Waals surface area contributed by atoms with Crippen molar-refractivity contribution in [2.75, 3.05) is 13.7 Å². The van der Waals surface area contributed by atoms with Crippen LogP contribution < -0.4 is 0 Å². The molecule has 0 N–H and O–H groups in total. The van der Waals surface area contributed by atoms with Gasteiger partial charge in [0.2, 0.25) is 0 Å². The Hall–Kier alpha value is -1.35. The molecule has 100 valence electrons. The Balaban J connectivity index is 2.70. The van der Waals surface area contributed by atoms with Crippen molar-refractivity contribution in [1.29, 1.82) is 0 Å². The topological polar surface area (TPSA) is 29.5 Å². The van der Waals surface area contributed by atoms with Crippen LogP contribution in [0.3, 0.4) is 0 Å². The van der Waals surface area contributed by atoms with Crippen LogP contribution in [0.4, 0.5) is 0 Å². The number of rotatable bonds is 6. The smallest absolute Gasteiger partial charge is 0.337 e. The lowest BCUT2D eigenvalue weighted by Gasteiger charge is -2.26. The first kappa shape index (κ1) is 14.7. The molecule has 1 aromatic rings. The lowest BCUT2D eigenvalue weighted by molar-refractivity contribution is 0.0600. The number of hydrogen-bond donors (Lipinski definition) is 0. The maximum absolute atomic E-state index is 11.3. The van der Waals surface area contributed by atoms with E-state index in [1.165, 1.54) is 12.7 Å². The molecule has 18 heavy (non-hydrogen) atoms. The Morgan fingerprint density at radius 1 is 1.28 bits per heavy atom. The lowest BCUT2D eigenvalue weighted by Crippen LogP contribution is -2.30. The van der Waals surface area contributed by atoms with E-state index >= 15 is 0 Å². The molecule has 3 heteroatoms. The van der Waals surface area contributed by atoms with E-state index in [2.05, 4.69) is 30.4 Å². The molecular weight excluding hydrogens is 226 g/mol. The van der Waals surface area contributed by atoms with Gasteiger partial charge in [0.1, 0.15) is 0 Å². The zero-order chi connectivity index (χ0) is 13.5. The van der Waals surface area contributed by atoms with Crippen LogP contribution in [0.2, 0.25) is 0 Å². The minimum atomic E-state index is -0.282. The quantitative estimate of drug-likeness (QED) is 0.726. The molecule has 0 amide bonds. The van der Waals surface area contributed by atoms with Crippen LogP contribution in [0.5, 0.6) is 0 Å². The Morgan fingerprint density at radius 3 is 2.33 bits per heavy atom. The van der Waals surface area contributed by atoms with Gasteiger partial charge in [-0.05, 0) is 44.5 Å². The maximum Gasteiger partial charge on any atom is 0.337 e. The van der Waals surface area contributed by atoms with E-state index < -0.39 is 0 Å². The highest BCUT2D eigenvalue weighted by molar-refractivity contribution is 5.89. The third kappa shape index (κ3) is 4.15. The zero-order valence-electron chi connectivity index (χ0n) is 11.8. The normalized spacial score (nSPS) is 11.0. The molecule has 0 atom stereocenters. The Morgan fingerprint density at radius 2 is 1.89 bits per heavy atom. The predicted molar refractivity (Wildman–Crippen MR) is 73.6 cm³/mol. The Bertz CT molecular complexity index is 371. The van der Waals surface area contributed by atoms with Gasteiger partial charge in [-0.3, -0.25) is 4.90 Å². The number of nitrogens with zero attached hydrogens (tertiary/aromatic N) is 1. The molecule has 0 fully saturated rings. The van der Waals surface area contributed by atoms with E-state index in [-0.39, 0.29) is 5.97 Å². The van der Waals surface area contributed by atoms with Gasteiger partial charge in [-0.15, -0.1) is 0 Å². The number of benzene rings is 1. The van der Waals surface area contributed by atoms with E-state index in [1.807, 2.05) is 24.3 Å². The first-order valence-electron chi connectivity index (χ1n) is 6.49. The summed E-state index contributed by atoms with van der Waals surface area (Å²) in [6, 6.07) is 8.18. The number of carbonyl (C=O) groups excluding carboxylic acids is 1. The van der Waals surface area contributed by atoms with Crippen molar-refractivity contribution in [2.45, 2.75) is 39.8 Å². The highest BCUT2D eigenvalue weighted by atomic mass is 16.5. The summed E-state index contributed by atoms with van der Waals surface area (Å²) in [5.74, 6) is -0.282. The molecule has 1 aromatic carbocycles. The van der Waals surface area contributed by atoms with Crippen molar-refractivity contribution in [1.82, 2.24) is 4.90 Å². The third-order valence-corrected chi connectivity index (χ3v) is 3.00. The van der Waals surface area contributed by atoms with Crippen molar-refractivity contribution in [2.24, 2.45) is 0 Å². The van der Waals surface area contributed by atoms with Gasteiger partial charge in [-0.25, -0.2) is 4.79 Å². The standard InChI is InChI=1S/C15H23NO2/c1-5-10-16(12(2)3)11-13-6-8-14(9-7-13)15(17)18-4/h6-9,12H,5,10-11H2,1-4H3. The SMILES string of the molecule is CCCN(Cc1ccc(C(=O)OC)cc1)C(C)C. The second kappa shape index (κ2) is 7.17. The summed E-state index contributed by atoms with van der Waals surface area (Å²) >= 11 is 0. The lowest BCUT2D eigenvalue weighted by atomic mass is 10.1. The van der Waals surface area contributed by atoms with Crippen molar-refractivity contribution in [3.63, 3.8) is 0 Å². The van der Waals surface area contributed by atoms with Crippen molar-refractivity contribution >= 4 is 5.97 Å². The first-order valence-corrected chi connectivity index (χ1v) is 6.49. The average molecular weight is 249 g/mol. The summed E-state index contributed by atoms with van der Waals surface area (Å²) in [6.45, 7) is 8.62. The Kier molecular flexibility index (Phi) is 5.86. The molecule has 0 saturated heterocycles. The van der Waals surface area contributed by atoms with Crippen LogP contribution >= 0.6 is 0 Å². The van der Waals surface area contributed by atoms with Gasteiger partial charge in [0.25, 0.3) is 0 Å². The second-order valence-electron chi connectivity index (χ2n) is 4.75. The predicted octanol–water partition coefficient (Wildman–Crippen LogP) is 3.09. The molecule has 0 aromatic heterocycles. The van der Waals surface area contributed by atoms with E-state index in [1.54, 1.807) is 0 Å². The molecule has 0 aliphatic carbocycles. The highest BCUT2D eigenvalue weighted by Gasteiger charge is 2.10. The van der Waals surface area contributed by atoms with Crippen LogP contribution in [0.1, 0.15) is 43.1 Å². The first-order chi connectivity index (χ1) is 8.58. The van der Waals surface area contributed by atoms with Crippen molar-refractivity contribution < 1.29 is 9.53 Å².